The molecule has 0 atom stereocenters. The molecule has 0 amide bonds. The van der Waals surface area contributed by atoms with Crippen molar-refractivity contribution in [2.75, 3.05) is 7.11 Å². The Morgan fingerprint density at radius 3 is 2.06 bits per heavy atom. The standard InChI is InChI=1S/C32H26O4/c1-21-13-15-23(16-14-21)25-17-27-26(18-29(25)35-2)30(36-20-22-9-5-3-6-10-22)19-28(32(33)34)31(27)24-11-7-4-8-12-24/h3-19H,20H2,1-2H3,(H,33,34). The quantitative estimate of drug-likeness (QED) is 0.262. The average Bonchev–Trinajstić information content (AvgIpc) is 2.92. The lowest BCUT2D eigenvalue weighted by molar-refractivity contribution is 0.0697. The van der Waals surface area contributed by atoms with E-state index in [9.17, 15) is 9.90 Å². The van der Waals surface area contributed by atoms with Gasteiger partial charge in [-0.05, 0) is 47.2 Å². The van der Waals surface area contributed by atoms with Gasteiger partial charge in [-0.3, -0.25) is 0 Å². The normalized spacial score (nSPS) is 10.8. The summed E-state index contributed by atoms with van der Waals surface area (Å²) >= 11 is 0. The molecule has 36 heavy (non-hydrogen) atoms. The van der Waals surface area contributed by atoms with Crippen LogP contribution in [0.15, 0.2) is 103 Å². The Morgan fingerprint density at radius 2 is 1.42 bits per heavy atom. The molecule has 0 unspecified atom stereocenters. The molecule has 0 aliphatic carbocycles. The number of carboxylic acid groups (broad SMARTS) is 1. The van der Waals surface area contributed by atoms with Gasteiger partial charge >= 0.3 is 5.97 Å². The van der Waals surface area contributed by atoms with Crippen molar-refractivity contribution in [3.8, 4) is 33.8 Å². The molecule has 0 aliphatic heterocycles. The van der Waals surface area contributed by atoms with E-state index in [1.54, 1.807) is 13.2 Å². The van der Waals surface area contributed by atoms with Gasteiger partial charge in [0.25, 0.3) is 0 Å². The molecule has 0 spiro atoms. The second-order valence-electron chi connectivity index (χ2n) is 8.71. The smallest absolute Gasteiger partial charge is 0.336 e. The summed E-state index contributed by atoms with van der Waals surface area (Å²) < 4.78 is 12.0. The summed E-state index contributed by atoms with van der Waals surface area (Å²) in [6.45, 7) is 2.37. The van der Waals surface area contributed by atoms with Crippen LogP contribution in [-0.2, 0) is 6.61 Å². The number of hydrogen-bond donors (Lipinski definition) is 1. The lowest BCUT2D eigenvalue weighted by atomic mass is 9.90. The number of methoxy groups -OCH3 is 1. The third-order valence-electron chi connectivity index (χ3n) is 6.31. The maximum absolute atomic E-state index is 12.5. The minimum absolute atomic E-state index is 0.191. The molecule has 5 aromatic rings. The Kier molecular flexibility index (Phi) is 6.42. The number of rotatable bonds is 7. The summed E-state index contributed by atoms with van der Waals surface area (Å²) in [5.41, 5.74) is 5.71. The Labute approximate surface area is 210 Å². The van der Waals surface area contributed by atoms with Gasteiger partial charge in [-0.15, -0.1) is 0 Å². The number of fused-ring (bicyclic) bond motifs is 1. The molecule has 0 saturated heterocycles. The van der Waals surface area contributed by atoms with Crippen LogP contribution in [0.25, 0.3) is 33.0 Å². The third kappa shape index (κ3) is 4.53. The lowest BCUT2D eigenvalue weighted by Gasteiger charge is -2.19. The number of aryl methyl sites for hydroxylation is 1. The summed E-state index contributed by atoms with van der Waals surface area (Å²) in [5, 5.41) is 11.8. The highest BCUT2D eigenvalue weighted by molar-refractivity contribution is 6.11. The van der Waals surface area contributed by atoms with Gasteiger partial charge in [-0.1, -0.05) is 90.5 Å². The fourth-order valence-electron chi connectivity index (χ4n) is 4.48. The van der Waals surface area contributed by atoms with Crippen molar-refractivity contribution in [3.63, 3.8) is 0 Å². The third-order valence-corrected chi connectivity index (χ3v) is 6.31. The van der Waals surface area contributed by atoms with Crippen molar-refractivity contribution in [2.24, 2.45) is 0 Å². The predicted octanol–water partition coefficient (Wildman–Crippen LogP) is 7.77. The van der Waals surface area contributed by atoms with E-state index in [4.69, 9.17) is 9.47 Å². The predicted molar refractivity (Wildman–Crippen MR) is 144 cm³/mol. The van der Waals surface area contributed by atoms with Crippen LogP contribution in [0, 0.1) is 6.92 Å². The molecule has 0 saturated carbocycles. The number of carbonyl (C=O) groups is 1. The minimum Gasteiger partial charge on any atom is -0.496 e. The van der Waals surface area contributed by atoms with Crippen LogP contribution in [-0.4, -0.2) is 18.2 Å². The first-order chi connectivity index (χ1) is 17.5. The SMILES string of the molecule is COc1cc2c(OCc3ccccc3)cc(C(=O)O)c(-c3ccccc3)c2cc1-c1ccc(C)cc1. The van der Waals surface area contributed by atoms with Crippen molar-refractivity contribution in [1.82, 2.24) is 0 Å². The molecular formula is C32H26O4. The lowest BCUT2D eigenvalue weighted by Crippen LogP contribution is -2.04. The number of carboxylic acids is 1. The topological polar surface area (TPSA) is 55.8 Å². The van der Waals surface area contributed by atoms with Gasteiger partial charge in [-0.25, -0.2) is 4.79 Å². The highest BCUT2D eigenvalue weighted by Gasteiger charge is 2.22. The van der Waals surface area contributed by atoms with Crippen molar-refractivity contribution < 1.29 is 19.4 Å². The molecule has 4 heteroatoms. The van der Waals surface area contributed by atoms with E-state index in [1.165, 1.54) is 0 Å². The minimum atomic E-state index is -1.01. The molecule has 0 radical (unpaired) electrons. The Bertz CT molecular complexity index is 1520. The van der Waals surface area contributed by atoms with Crippen LogP contribution in [0.4, 0.5) is 0 Å². The Morgan fingerprint density at radius 1 is 0.750 bits per heavy atom. The van der Waals surface area contributed by atoms with Crippen LogP contribution in [0.1, 0.15) is 21.5 Å². The summed E-state index contributed by atoms with van der Waals surface area (Å²) in [6, 6.07) is 33.2. The molecule has 0 fully saturated rings. The zero-order chi connectivity index (χ0) is 25.1. The van der Waals surface area contributed by atoms with E-state index in [1.807, 2.05) is 79.7 Å². The van der Waals surface area contributed by atoms with Gasteiger partial charge in [-0.2, -0.15) is 0 Å². The van der Waals surface area contributed by atoms with Crippen molar-refractivity contribution in [2.45, 2.75) is 13.5 Å². The van der Waals surface area contributed by atoms with Gasteiger partial charge in [0.15, 0.2) is 0 Å². The van der Waals surface area contributed by atoms with Gasteiger partial charge in [0.2, 0.25) is 0 Å². The first-order valence-electron chi connectivity index (χ1n) is 11.8. The van der Waals surface area contributed by atoms with Crippen LogP contribution in [0.5, 0.6) is 11.5 Å². The number of hydrogen-bond acceptors (Lipinski definition) is 3. The van der Waals surface area contributed by atoms with E-state index < -0.39 is 5.97 Å². The first kappa shape index (κ1) is 23.2. The van der Waals surface area contributed by atoms with Crippen molar-refractivity contribution in [3.05, 3.63) is 120 Å². The summed E-state index contributed by atoms with van der Waals surface area (Å²) in [7, 11) is 1.65. The average molecular weight is 475 g/mol. The Balaban J connectivity index is 1.79. The summed E-state index contributed by atoms with van der Waals surface area (Å²) in [5.74, 6) is 0.186. The molecule has 4 nitrogen and oxygen atoms in total. The van der Waals surface area contributed by atoms with E-state index in [-0.39, 0.29) is 5.56 Å². The summed E-state index contributed by atoms with van der Waals surface area (Å²) in [4.78, 5) is 12.5. The molecule has 0 aromatic heterocycles. The maximum Gasteiger partial charge on any atom is 0.336 e. The molecule has 0 heterocycles. The number of benzene rings is 5. The number of aromatic carboxylic acids is 1. The monoisotopic (exact) mass is 474 g/mol. The van der Waals surface area contributed by atoms with E-state index in [2.05, 4.69) is 24.3 Å². The van der Waals surface area contributed by atoms with Gasteiger partial charge in [0.1, 0.15) is 18.1 Å². The number of ether oxygens (including phenoxy) is 2. The van der Waals surface area contributed by atoms with Crippen molar-refractivity contribution >= 4 is 16.7 Å². The molecule has 1 N–H and O–H groups in total. The Hall–Kier alpha value is -4.57. The second kappa shape index (κ2) is 9.96. The molecule has 5 rings (SSSR count). The van der Waals surface area contributed by atoms with E-state index in [0.29, 0.717) is 23.7 Å². The molecule has 178 valence electrons. The zero-order valence-electron chi connectivity index (χ0n) is 20.2. The summed E-state index contributed by atoms with van der Waals surface area (Å²) in [6.07, 6.45) is 0. The second-order valence-corrected chi connectivity index (χ2v) is 8.71. The zero-order valence-corrected chi connectivity index (χ0v) is 20.2. The van der Waals surface area contributed by atoms with Crippen LogP contribution < -0.4 is 9.47 Å². The molecule has 5 aromatic carbocycles. The molecule has 0 aliphatic rings. The van der Waals surface area contributed by atoms with Gasteiger partial charge in [0, 0.05) is 16.5 Å². The maximum atomic E-state index is 12.5. The van der Waals surface area contributed by atoms with E-state index in [0.717, 1.165) is 38.6 Å². The van der Waals surface area contributed by atoms with E-state index >= 15 is 0 Å². The molecule has 0 bridgehead atoms. The fourth-order valence-corrected chi connectivity index (χ4v) is 4.48. The van der Waals surface area contributed by atoms with Crippen LogP contribution in [0.2, 0.25) is 0 Å². The first-order valence-corrected chi connectivity index (χ1v) is 11.8. The van der Waals surface area contributed by atoms with Crippen LogP contribution >= 0.6 is 0 Å². The highest BCUT2D eigenvalue weighted by Crippen LogP contribution is 2.43. The van der Waals surface area contributed by atoms with Crippen LogP contribution in [0.3, 0.4) is 0 Å². The molecular weight excluding hydrogens is 448 g/mol. The largest absolute Gasteiger partial charge is 0.496 e. The van der Waals surface area contributed by atoms with Gasteiger partial charge < -0.3 is 14.6 Å². The fraction of sp³-hybridized carbons (Fsp3) is 0.0938. The van der Waals surface area contributed by atoms with Gasteiger partial charge in [0.05, 0.1) is 12.7 Å². The van der Waals surface area contributed by atoms with Crippen molar-refractivity contribution in [1.29, 1.82) is 0 Å². The highest BCUT2D eigenvalue weighted by atomic mass is 16.5.